The minimum Gasteiger partial charge on any atom is -0.378 e. The van der Waals surface area contributed by atoms with Crippen molar-refractivity contribution in [2.45, 2.75) is 43.7 Å². The van der Waals surface area contributed by atoms with E-state index in [0.717, 1.165) is 26.0 Å². The maximum absolute atomic E-state index is 12.9. The topological polar surface area (TPSA) is 67.7 Å². The van der Waals surface area contributed by atoms with E-state index in [4.69, 9.17) is 4.74 Å². The molecule has 0 bridgehead atoms. The van der Waals surface area contributed by atoms with Crippen LogP contribution in [-0.4, -0.2) is 72.3 Å². The van der Waals surface area contributed by atoms with E-state index in [9.17, 15) is 8.42 Å². The molecule has 2 fully saturated rings. The molecule has 3 heterocycles. The smallest absolute Gasteiger partial charge is 0.246 e. The van der Waals surface area contributed by atoms with Gasteiger partial charge in [0.1, 0.15) is 4.90 Å². The van der Waals surface area contributed by atoms with Gasteiger partial charge in [0, 0.05) is 38.8 Å². The standard InChI is InChI=1S/C15H26N4O3S/c1-4-5-13-10-22-11-14-9-18(6-7-19(13)14)23(20,21)15-8-16-17(3)12(15)2/h8,13-14H,4-7,9-11H2,1-3H3/t13-,14+/m0/s1. The average Bonchev–Trinajstić information content (AvgIpc) is 2.87. The zero-order chi connectivity index (χ0) is 16.6. The molecule has 0 radical (unpaired) electrons. The Morgan fingerprint density at radius 3 is 2.78 bits per heavy atom. The predicted octanol–water partition coefficient (Wildman–Crippen LogP) is 0.602. The van der Waals surface area contributed by atoms with Gasteiger partial charge in [-0.3, -0.25) is 9.58 Å². The van der Waals surface area contributed by atoms with Crippen LogP contribution < -0.4 is 0 Å². The van der Waals surface area contributed by atoms with E-state index < -0.39 is 10.0 Å². The molecule has 23 heavy (non-hydrogen) atoms. The summed E-state index contributed by atoms with van der Waals surface area (Å²) in [6.07, 6.45) is 3.67. The maximum atomic E-state index is 12.9. The van der Waals surface area contributed by atoms with E-state index in [1.54, 1.807) is 23.0 Å². The summed E-state index contributed by atoms with van der Waals surface area (Å²) >= 11 is 0. The van der Waals surface area contributed by atoms with Gasteiger partial charge < -0.3 is 4.74 Å². The van der Waals surface area contributed by atoms with Crippen LogP contribution in [0.1, 0.15) is 25.5 Å². The molecule has 0 aliphatic carbocycles. The number of piperazine rings is 1. The summed E-state index contributed by atoms with van der Waals surface area (Å²) in [5.74, 6) is 0. The van der Waals surface area contributed by atoms with E-state index in [-0.39, 0.29) is 6.04 Å². The Labute approximate surface area is 138 Å². The average molecular weight is 342 g/mol. The predicted molar refractivity (Wildman–Crippen MR) is 86.7 cm³/mol. The van der Waals surface area contributed by atoms with Crippen LogP contribution in [0.3, 0.4) is 0 Å². The summed E-state index contributed by atoms with van der Waals surface area (Å²) < 4.78 is 34.7. The molecule has 1 aromatic rings. The van der Waals surface area contributed by atoms with E-state index in [2.05, 4.69) is 16.9 Å². The van der Waals surface area contributed by atoms with Gasteiger partial charge >= 0.3 is 0 Å². The van der Waals surface area contributed by atoms with E-state index in [1.807, 2.05) is 0 Å². The van der Waals surface area contributed by atoms with Gasteiger partial charge in [0.2, 0.25) is 10.0 Å². The monoisotopic (exact) mass is 342 g/mol. The number of nitrogens with zero attached hydrogens (tertiary/aromatic N) is 4. The molecule has 2 saturated heterocycles. The Balaban J connectivity index is 1.78. The molecule has 0 saturated carbocycles. The lowest BCUT2D eigenvalue weighted by molar-refractivity contribution is -0.0716. The zero-order valence-electron chi connectivity index (χ0n) is 14.1. The number of hydrogen-bond acceptors (Lipinski definition) is 5. The number of aryl methyl sites for hydroxylation is 1. The first-order chi connectivity index (χ1) is 10.9. The molecule has 3 rings (SSSR count). The third kappa shape index (κ3) is 3.05. The zero-order valence-corrected chi connectivity index (χ0v) is 14.9. The first kappa shape index (κ1) is 16.9. The van der Waals surface area contributed by atoms with Gasteiger partial charge in [-0.1, -0.05) is 13.3 Å². The number of fused-ring (bicyclic) bond motifs is 1. The Bertz CT molecular complexity index is 656. The summed E-state index contributed by atoms with van der Waals surface area (Å²) in [5.41, 5.74) is 0.677. The van der Waals surface area contributed by atoms with Gasteiger partial charge in [-0.15, -0.1) is 0 Å². The number of aromatic nitrogens is 2. The molecule has 7 nitrogen and oxygen atoms in total. The van der Waals surface area contributed by atoms with Crippen LogP contribution in [0.5, 0.6) is 0 Å². The van der Waals surface area contributed by atoms with Crippen LogP contribution in [0.4, 0.5) is 0 Å². The van der Waals surface area contributed by atoms with E-state index in [1.165, 1.54) is 6.20 Å². The lowest BCUT2D eigenvalue weighted by Crippen LogP contribution is -2.62. The second-order valence-electron chi connectivity index (χ2n) is 6.45. The quantitative estimate of drug-likeness (QED) is 0.802. The molecule has 0 unspecified atom stereocenters. The number of morpholine rings is 1. The van der Waals surface area contributed by atoms with Gasteiger partial charge in [0.25, 0.3) is 0 Å². The third-order valence-electron chi connectivity index (χ3n) is 5.01. The Morgan fingerprint density at radius 2 is 2.13 bits per heavy atom. The lowest BCUT2D eigenvalue weighted by Gasteiger charge is -2.47. The minimum absolute atomic E-state index is 0.154. The molecule has 0 N–H and O–H groups in total. The molecule has 8 heteroatoms. The Morgan fingerprint density at radius 1 is 1.35 bits per heavy atom. The Hall–Kier alpha value is -0.960. The number of sulfonamides is 1. The fourth-order valence-electron chi connectivity index (χ4n) is 3.58. The van der Waals surface area contributed by atoms with Crippen molar-refractivity contribution in [1.29, 1.82) is 0 Å². The fourth-order valence-corrected chi connectivity index (χ4v) is 5.23. The largest absolute Gasteiger partial charge is 0.378 e. The first-order valence-corrected chi connectivity index (χ1v) is 9.71. The molecular weight excluding hydrogens is 316 g/mol. The van der Waals surface area contributed by atoms with Gasteiger partial charge in [-0.05, 0) is 13.3 Å². The van der Waals surface area contributed by atoms with Crippen LogP contribution in [-0.2, 0) is 21.8 Å². The Kier molecular flexibility index (Phi) is 4.78. The highest BCUT2D eigenvalue weighted by Crippen LogP contribution is 2.26. The normalized spacial score (nSPS) is 27.1. The van der Waals surface area contributed by atoms with Crippen LogP contribution in [0.25, 0.3) is 0 Å². The van der Waals surface area contributed by atoms with Crippen LogP contribution in [0, 0.1) is 6.92 Å². The molecule has 2 aliphatic heterocycles. The van der Waals surface area contributed by atoms with Gasteiger partial charge in [0.15, 0.2) is 0 Å². The summed E-state index contributed by atoms with van der Waals surface area (Å²) in [5, 5.41) is 4.07. The summed E-state index contributed by atoms with van der Waals surface area (Å²) in [6.45, 7) is 7.14. The molecule has 2 aliphatic rings. The fraction of sp³-hybridized carbons (Fsp3) is 0.800. The molecular formula is C15H26N4O3S. The highest BCUT2D eigenvalue weighted by Gasteiger charge is 2.39. The van der Waals surface area contributed by atoms with Crippen LogP contribution in [0.15, 0.2) is 11.1 Å². The minimum atomic E-state index is -3.48. The van der Waals surface area contributed by atoms with Gasteiger partial charge in [-0.25, -0.2) is 8.42 Å². The van der Waals surface area contributed by atoms with E-state index >= 15 is 0 Å². The SMILES string of the molecule is CCC[C@H]1COC[C@H]2CN(S(=O)(=O)c3cnn(C)c3C)CCN12. The van der Waals surface area contributed by atoms with E-state index in [0.29, 0.717) is 36.3 Å². The summed E-state index contributed by atoms with van der Waals surface area (Å²) in [4.78, 5) is 2.75. The summed E-state index contributed by atoms with van der Waals surface area (Å²) in [7, 11) is -1.72. The molecule has 130 valence electrons. The van der Waals surface area contributed by atoms with Crippen molar-refractivity contribution in [3.05, 3.63) is 11.9 Å². The molecule has 0 spiro atoms. The molecule has 0 amide bonds. The number of rotatable bonds is 4. The molecule has 2 atom stereocenters. The highest BCUT2D eigenvalue weighted by molar-refractivity contribution is 7.89. The van der Waals surface area contributed by atoms with Crippen molar-refractivity contribution in [2.75, 3.05) is 32.8 Å². The van der Waals surface area contributed by atoms with Crippen LogP contribution in [0.2, 0.25) is 0 Å². The van der Waals surface area contributed by atoms with Crippen LogP contribution >= 0.6 is 0 Å². The second-order valence-corrected chi connectivity index (χ2v) is 8.36. The van der Waals surface area contributed by atoms with Crippen molar-refractivity contribution in [2.24, 2.45) is 7.05 Å². The maximum Gasteiger partial charge on any atom is 0.246 e. The first-order valence-electron chi connectivity index (χ1n) is 8.27. The molecule has 1 aromatic heterocycles. The highest BCUT2D eigenvalue weighted by atomic mass is 32.2. The molecule has 0 aromatic carbocycles. The van der Waals surface area contributed by atoms with Crippen molar-refractivity contribution in [1.82, 2.24) is 19.0 Å². The summed E-state index contributed by atoms with van der Waals surface area (Å²) in [6, 6.07) is 0.574. The lowest BCUT2D eigenvalue weighted by atomic mass is 10.0. The third-order valence-corrected chi connectivity index (χ3v) is 6.98. The van der Waals surface area contributed by atoms with Gasteiger partial charge in [-0.2, -0.15) is 9.40 Å². The van der Waals surface area contributed by atoms with Crippen molar-refractivity contribution < 1.29 is 13.2 Å². The number of hydrogen-bond donors (Lipinski definition) is 0. The second kappa shape index (κ2) is 6.51. The van der Waals surface area contributed by atoms with Crippen molar-refractivity contribution in [3.63, 3.8) is 0 Å². The van der Waals surface area contributed by atoms with Crippen molar-refractivity contribution in [3.8, 4) is 0 Å². The number of ether oxygens (including phenoxy) is 1. The van der Waals surface area contributed by atoms with Gasteiger partial charge in [0.05, 0.1) is 25.1 Å². The van der Waals surface area contributed by atoms with Crippen molar-refractivity contribution >= 4 is 10.0 Å².